The van der Waals surface area contributed by atoms with Gasteiger partial charge in [0, 0.05) is 36.1 Å². The first kappa shape index (κ1) is 19.4. The number of carbonyl (C=O) groups excluding carboxylic acids is 1. The average molecular weight is 445 g/mol. The lowest BCUT2D eigenvalue weighted by molar-refractivity contribution is 0.257. The molecule has 2 aliphatic carbocycles. The first-order valence-corrected chi connectivity index (χ1v) is 11.9. The van der Waals surface area contributed by atoms with Gasteiger partial charge < -0.3 is 5.32 Å². The molecule has 1 aromatic carbocycles. The van der Waals surface area contributed by atoms with Gasteiger partial charge >= 0.3 is 6.03 Å². The van der Waals surface area contributed by atoms with E-state index < -0.39 is 0 Å². The second kappa shape index (κ2) is 7.70. The molecule has 0 radical (unpaired) electrons. The minimum Gasteiger partial charge on any atom is -0.306 e. The zero-order chi connectivity index (χ0) is 21.7. The Hall–Kier alpha value is -3.26. The molecule has 6 rings (SSSR count). The lowest BCUT2D eigenvalue weighted by Crippen LogP contribution is -2.24. The van der Waals surface area contributed by atoms with Crippen molar-refractivity contribution in [3.63, 3.8) is 0 Å². The van der Waals surface area contributed by atoms with Crippen molar-refractivity contribution in [2.24, 2.45) is 0 Å². The Balaban J connectivity index is 1.30. The van der Waals surface area contributed by atoms with Crippen LogP contribution in [-0.2, 0) is 12.8 Å². The summed E-state index contributed by atoms with van der Waals surface area (Å²) in [7, 11) is 0. The molecule has 3 aromatic heterocycles. The number of benzene rings is 1. The SMILES string of the molecule is Cc1cc2c(c(NC(=O)NSc3ccn(C4CC4)n3)c1-c1ccn3nccc3c1)CCC2. The highest BCUT2D eigenvalue weighted by atomic mass is 32.2. The summed E-state index contributed by atoms with van der Waals surface area (Å²) >= 11 is 1.25. The van der Waals surface area contributed by atoms with Crippen LogP contribution in [0.5, 0.6) is 0 Å². The fourth-order valence-electron chi connectivity index (χ4n) is 4.64. The highest BCUT2D eigenvalue weighted by Gasteiger charge is 2.25. The molecule has 2 aliphatic rings. The monoisotopic (exact) mass is 444 g/mol. The summed E-state index contributed by atoms with van der Waals surface area (Å²) in [5.74, 6) is 0. The number of hydrogen-bond donors (Lipinski definition) is 2. The Kier molecular flexibility index (Phi) is 4.68. The van der Waals surface area contributed by atoms with Crippen LogP contribution in [0, 0.1) is 6.92 Å². The molecule has 7 nitrogen and oxygen atoms in total. The molecule has 8 heteroatoms. The average Bonchev–Trinajstić information content (AvgIpc) is 3.17. The molecule has 162 valence electrons. The van der Waals surface area contributed by atoms with E-state index in [0.717, 1.165) is 46.6 Å². The number of fused-ring (bicyclic) bond motifs is 2. The number of carbonyl (C=O) groups is 1. The molecule has 4 aromatic rings. The number of rotatable bonds is 5. The zero-order valence-electron chi connectivity index (χ0n) is 17.8. The highest BCUT2D eigenvalue weighted by Crippen LogP contribution is 2.40. The molecule has 3 heterocycles. The lowest BCUT2D eigenvalue weighted by atomic mass is 9.93. The molecule has 0 spiro atoms. The first-order valence-electron chi connectivity index (χ1n) is 11.0. The molecule has 0 unspecified atom stereocenters. The normalized spacial score (nSPS) is 15.2. The molecule has 2 amide bonds. The van der Waals surface area contributed by atoms with E-state index in [-0.39, 0.29) is 6.03 Å². The van der Waals surface area contributed by atoms with E-state index in [4.69, 9.17) is 0 Å². The molecule has 32 heavy (non-hydrogen) atoms. The Bertz CT molecular complexity index is 1340. The van der Waals surface area contributed by atoms with Crippen molar-refractivity contribution < 1.29 is 4.79 Å². The zero-order valence-corrected chi connectivity index (χ0v) is 18.7. The van der Waals surface area contributed by atoms with Crippen LogP contribution in [0.2, 0.25) is 0 Å². The molecular weight excluding hydrogens is 420 g/mol. The van der Waals surface area contributed by atoms with Crippen molar-refractivity contribution in [2.75, 3.05) is 5.32 Å². The van der Waals surface area contributed by atoms with Crippen LogP contribution in [0.3, 0.4) is 0 Å². The molecule has 0 bridgehead atoms. The van der Waals surface area contributed by atoms with E-state index in [1.807, 2.05) is 33.7 Å². The number of nitrogens with zero attached hydrogens (tertiary/aromatic N) is 4. The molecule has 0 aliphatic heterocycles. The first-order chi connectivity index (χ1) is 15.7. The van der Waals surface area contributed by atoms with Gasteiger partial charge in [0.1, 0.15) is 5.03 Å². The molecule has 0 atom stereocenters. The second-order valence-electron chi connectivity index (χ2n) is 8.57. The number of anilines is 1. The van der Waals surface area contributed by atoms with Crippen LogP contribution >= 0.6 is 11.9 Å². The standard InChI is InChI=1S/C24H24N6OS/c1-15-13-16-3-2-4-20(16)23(22(15)17-8-11-29-19(14-17)7-10-25-29)26-24(31)28-32-21-9-12-30(27-21)18-5-6-18/h7-14,18H,2-6H2,1H3,(H2,26,28,31). The quantitative estimate of drug-likeness (QED) is 0.417. The second-order valence-corrected chi connectivity index (χ2v) is 9.40. The smallest absolute Gasteiger partial charge is 0.306 e. The van der Waals surface area contributed by atoms with Gasteiger partial charge in [-0.3, -0.25) is 9.40 Å². The summed E-state index contributed by atoms with van der Waals surface area (Å²) in [6.07, 6.45) is 11.3. The van der Waals surface area contributed by atoms with Crippen LogP contribution in [0.4, 0.5) is 10.5 Å². The molecule has 1 fully saturated rings. The van der Waals surface area contributed by atoms with E-state index in [2.05, 4.69) is 45.4 Å². The summed E-state index contributed by atoms with van der Waals surface area (Å²) in [4.78, 5) is 12.9. The third-order valence-electron chi connectivity index (χ3n) is 6.28. The maximum atomic E-state index is 12.9. The number of pyridine rings is 1. The van der Waals surface area contributed by atoms with Gasteiger partial charge in [0.05, 0.1) is 17.2 Å². The van der Waals surface area contributed by atoms with Crippen molar-refractivity contribution in [2.45, 2.75) is 50.1 Å². The third kappa shape index (κ3) is 3.54. The van der Waals surface area contributed by atoms with Gasteiger partial charge in [0.15, 0.2) is 0 Å². The minimum atomic E-state index is -0.234. The van der Waals surface area contributed by atoms with Crippen molar-refractivity contribution in [1.82, 2.24) is 24.1 Å². The van der Waals surface area contributed by atoms with Gasteiger partial charge in [-0.25, -0.2) is 9.31 Å². The number of aromatic nitrogens is 4. The van der Waals surface area contributed by atoms with Crippen LogP contribution in [0.15, 0.2) is 53.9 Å². The Morgan fingerprint density at radius 3 is 2.94 bits per heavy atom. The molecule has 0 saturated heterocycles. The number of nitrogens with one attached hydrogen (secondary N) is 2. The lowest BCUT2D eigenvalue weighted by Gasteiger charge is -2.19. The summed E-state index contributed by atoms with van der Waals surface area (Å²) < 4.78 is 6.75. The number of aryl methyl sites for hydroxylation is 2. The summed E-state index contributed by atoms with van der Waals surface area (Å²) in [5, 5.41) is 12.8. The van der Waals surface area contributed by atoms with Crippen molar-refractivity contribution in [3.05, 3.63) is 65.6 Å². The van der Waals surface area contributed by atoms with Crippen molar-refractivity contribution in [3.8, 4) is 11.1 Å². The van der Waals surface area contributed by atoms with Crippen LogP contribution in [0.1, 0.15) is 42.0 Å². The van der Waals surface area contributed by atoms with Gasteiger partial charge in [-0.05, 0) is 85.5 Å². The molecule has 2 N–H and O–H groups in total. The Morgan fingerprint density at radius 2 is 2.06 bits per heavy atom. The van der Waals surface area contributed by atoms with Crippen LogP contribution < -0.4 is 10.0 Å². The van der Waals surface area contributed by atoms with Gasteiger partial charge in [-0.1, -0.05) is 6.07 Å². The van der Waals surface area contributed by atoms with Crippen molar-refractivity contribution >= 4 is 29.2 Å². The summed E-state index contributed by atoms with van der Waals surface area (Å²) in [6.45, 7) is 2.12. The maximum absolute atomic E-state index is 12.9. The fourth-order valence-corrected chi connectivity index (χ4v) is 5.15. The van der Waals surface area contributed by atoms with Gasteiger partial charge in [-0.15, -0.1) is 0 Å². The van der Waals surface area contributed by atoms with Crippen molar-refractivity contribution in [1.29, 1.82) is 0 Å². The number of amides is 2. The molecule has 1 saturated carbocycles. The van der Waals surface area contributed by atoms with E-state index >= 15 is 0 Å². The van der Waals surface area contributed by atoms with Crippen LogP contribution in [-0.4, -0.2) is 25.4 Å². The minimum absolute atomic E-state index is 0.234. The third-order valence-corrected chi connectivity index (χ3v) is 6.99. The number of urea groups is 1. The Labute approximate surface area is 190 Å². The van der Waals surface area contributed by atoms with Gasteiger partial charge in [0.2, 0.25) is 0 Å². The number of hydrogen-bond acceptors (Lipinski definition) is 4. The van der Waals surface area contributed by atoms with Gasteiger partial charge in [0.25, 0.3) is 0 Å². The van der Waals surface area contributed by atoms with Crippen LogP contribution in [0.25, 0.3) is 16.6 Å². The van der Waals surface area contributed by atoms with E-state index in [1.54, 1.807) is 6.20 Å². The highest BCUT2D eigenvalue weighted by molar-refractivity contribution is 7.97. The largest absolute Gasteiger partial charge is 0.329 e. The Morgan fingerprint density at radius 1 is 1.16 bits per heavy atom. The van der Waals surface area contributed by atoms with E-state index in [0.29, 0.717) is 6.04 Å². The van der Waals surface area contributed by atoms with Gasteiger partial charge in [-0.2, -0.15) is 10.2 Å². The predicted octanol–water partition coefficient (Wildman–Crippen LogP) is 5.16. The van der Waals surface area contributed by atoms with E-state index in [1.165, 1.54) is 41.5 Å². The topological polar surface area (TPSA) is 76.2 Å². The molecular formula is C24H24N6OS. The van der Waals surface area contributed by atoms with E-state index in [9.17, 15) is 4.79 Å². The predicted molar refractivity (Wildman–Crippen MR) is 126 cm³/mol. The summed E-state index contributed by atoms with van der Waals surface area (Å²) in [5.41, 5.74) is 7.85. The maximum Gasteiger partial charge on any atom is 0.329 e. The fraction of sp³-hybridized carbons (Fsp3) is 0.292. The summed E-state index contributed by atoms with van der Waals surface area (Å²) in [6, 6.07) is 10.7.